The van der Waals surface area contributed by atoms with Gasteiger partial charge in [0.05, 0.1) is 6.10 Å². The first-order valence-electron chi connectivity index (χ1n) is 6.92. The van der Waals surface area contributed by atoms with Crippen molar-refractivity contribution in [3.63, 3.8) is 0 Å². The lowest BCUT2D eigenvalue weighted by molar-refractivity contribution is 0.0239. The maximum atomic E-state index is 9.30. The minimum atomic E-state index is -0.0625. The third kappa shape index (κ3) is 3.04. The molecular weight excluding hydrogens is 262 g/mol. The zero-order chi connectivity index (χ0) is 13.4. The predicted molar refractivity (Wildman–Crippen MR) is 75.8 cm³/mol. The summed E-state index contributed by atoms with van der Waals surface area (Å²) in [5, 5.41) is 10.1. The summed E-state index contributed by atoms with van der Waals surface area (Å²) in [6, 6.07) is 5.83. The molecule has 3 nitrogen and oxygen atoms in total. The number of ether oxygens (including phenoxy) is 1. The highest BCUT2D eigenvalue weighted by atomic mass is 35.5. The quantitative estimate of drug-likeness (QED) is 0.920. The highest BCUT2D eigenvalue weighted by molar-refractivity contribution is 6.30. The molecule has 0 spiro atoms. The van der Waals surface area contributed by atoms with Crippen LogP contribution in [0.4, 0.5) is 0 Å². The lowest BCUT2D eigenvalue weighted by atomic mass is 9.82. The Labute approximate surface area is 119 Å². The van der Waals surface area contributed by atoms with Crippen molar-refractivity contribution in [1.82, 2.24) is 4.90 Å². The van der Waals surface area contributed by atoms with Crippen LogP contribution in [0.15, 0.2) is 18.2 Å². The Hall–Kier alpha value is -0.770. The molecule has 0 aromatic heterocycles. The van der Waals surface area contributed by atoms with Gasteiger partial charge in [0.1, 0.15) is 11.9 Å². The molecule has 104 valence electrons. The van der Waals surface area contributed by atoms with E-state index in [9.17, 15) is 5.11 Å². The maximum absolute atomic E-state index is 9.30. The molecular formula is C15H20ClNO2. The normalized spacial score (nSPS) is 28.9. The van der Waals surface area contributed by atoms with Crippen molar-refractivity contribution < 1.29 is 9.84 Å². The van der Waals surface area contributed by atoms with Crippen LogP contribution < -0.4 is 4.74 Å². The van der Waals surface area contributed by atoms with Gasteiger partial charge in [0, 0.05) is 24.5 Å². The minimum Gasteiger partial charge on any atom is -0.488 e. The van der Waals surface area contributed by atoms with Gasteiger partial charge in [0.2, 0.25) is 0 Å². The monoisotopic (exact) mass is 281 g/mol. The van der Waals surface area contributed by atoms with Crippen LogP contribution in [-0.2, 0) is 6.42 Å². The average molecular weight is 282 g/mol. The summed E-state index contributed by atoms with van der Waals surface area (Å²) in [5.74, 6) is 1.63. The molecule has 0 bridgehead atoms. The summed E-state index contributed by atoms with van der Waals surface area (Å²) in [7, 11) is 2.13. The van der Waals surface area contributed by atoms with E-state index in [4.69, 9.17) is 16.3 Å². The van der Waals surface area contributed by atoms with Crippen molar-refractivity contribution in [2.75, 3.05) is 20.1 Å². The van der Waals surface area contributed by atoms with Crippen LogP contribution in [-0.4, -0.2) is 42.4 Å². The van der Waals surface area contributed by atoms with Gasteiger partial charge in [0.15, 0.2) is 0 Å². The van der Waals surface area contributed by atoms with Gasteiger partial charge < -0.3 is 14.7 Å². The van der Waals surface area contributed by atoms with E-state index in [-0.39, 0.29) is 12.2 Å². The fraction of sp³-hybridized carbons (Fsp3) is 0.600. The van der Waals surface area contributed by atoms with E-state index < -0.39 is 0 Å². The van der Waals surface area contributed by atoms with Crippen LogP contribution in [0, 0.1) is 5.92 Å². The first-order valence-corrected chi connectivity index (χ1v) is 7.29. The van der Waals surface area contributed by atoms with Crippen LogP contribution in [0.3, 0.4) is 0 Å². The Balaban J connectivity index is 1.50. The van der Waals surface area contributed by atoms with Gasteiger partial charge in [-0.2, -0.15) is 0 Å². The minimum absolute atomic E-state index is 0.0625. The van der Waals surface area contributed by atoms with Gasteiger partial charge in [-0.1, -0.05) is 11.6 Å². The van der Waals surface area contributed by atoms with Crippen molar-refractivity contribution in [1.29, 1.82) is 0 Å². The first kappa shape index (κ1) is 13.2. The van der Waals surface area contributed by atoms with Crippen molar-refractivity contribution in [2.24, 2.45) is 5.92 Å². The average Bonchev–Trinajstić information content (AvgIpc) is 2.68. The number of hydrogen-bond donors (Lipinski definition) is 1. The summed E-state index contributed by atoms with van der Waals surface area (Å²) in [6.07, 6.45) is 3.00. The van der Waals surface area contributed by atoms with Gasteiger partial charge >= 0.3 is 0 Å². The van der Waals surface area contributed by atoms with Crippen molar-refractivity contribution in [2.45, 2.75) is 31.5 Å². The van der Waals surface area contributed by atoms with Crippen molar-refractivity contribution in [3.8, 4) is 5.75 Å². The molecule has 19 heavy (non-hydrogen) atoms. The number of aliphatic hydroxyl groups excluding tert-OH is 1. The molecule has 1 aliphatic carbocycles. The van der Waals surface area contributed by atoms with Crippen LogP contribution in [0.1, 0.15) is 18.4 Å². The fourth-order valence-electron chi connectivity index (χ4n) is 3.10. The molecule has 2 aliphatic rings. The zero-order valence-corrected chi connectivity index (χ0v) is 11.9. The van der Waals surface area contributed by atoms with Gasteiger partial charge in [0.25, 0.3) is 0 Å². The van der Waals surface area contributed by atoms with Gasteiger partial charge in [-0.25, -0.2) is 0 Å². The molecule has 0 amide bonds. The third-order valence-electron chi connectivity index (χ3n) is 4.06. The molecule has 0 radical (unpaired) electrons. The first-order chi connectivity index (χ1) is 9.10. The molecule has 1 unspecified atom stereocenters. The molecule has 1 aromatic carbocycles. The predicted octanol–water partition coefficient (Wildman–Crippen LogP) is 2.35. The fourth-order valence-corrected chi connectivity index (χ4v) is 3.30. The Bertz CT molecular complexity index is 459. The Morgan fingerprint density at radius 2 is 2.16 bits per heavy atom. The van der Waals surface area contributed by atoms with Gasteiger partial charge in [-0.3, -0.25) is 0 Å². The Morgan fingerprint density at radius 1 is 1.37 bits per heavy atom. The van der Waals surface area contributed by atoms with E-state index in [0.717, 1.165) is 43.1 Å². The van der Waals surface area contributed by atoms with E-state index in [1.807, 2.05) is 18.2 Å². The lowest BCUT2D eigenvalue weighted by Gasteiger charge is -2.35. The van der Waals surface area contributed by atoms with E-state index in [1.165, 1.54) is 5.56 Å². The number of aliphatic hydroxyl groups is 1. The summed E-state index contributed by atoms with van der Waals surface area (Å²) >= 11 is 6.00. The lowest BCUT2D eigenvalue weighted by Crippen LogP contribution is -2.40. The van der Waals surface area contributed by atoms with E-state index in [2.05, 4.69) is 11.9 Å². The molecule has 4 heteroatoms. The van der Waals surface area contributed by atoms with E-state index in [1.54, 1.807) is 0 Å². The standard InChI is InChI=1S/C15H20ClNO2/c1-17(8-10-4-13(18)5-10)9-14-7-11-6-12(16)2-3-15(11)19-14/h2-3,6,10,13-14,18H,4-5,7-9H2,1H3. The van der Waals surface area contributed by atoms with Crippen LogP contribution in [0.25, 0.3) is 0 Å². The number of nitrogens with zero attached hydrogens (tertiary/aromatic N) is 1. The Kier molecular flexibility index (Phi) is 3.70. The number of fused-ring (bicyclic) bond motifs is 1. The van der Waals surface area contributed by atoms with Gasteiger partial charge in [-0.15, -0.1) is 0 Å². The number of benzene rings is 1. The largest absolute Gasteiger partial charge is 0.488 e. The molecule has 0 saturated heterocycles. The third-order valence-corrected chi connectivity index (χ3v) is 4.29. The Morgan fingerprint density at radius 3 is 2.89 bits per heavy atom. The topological polar surface area (TPSA) is 32.7 Å². The highest BCUT2D eigenvalue weighted by Gasteiger charge is 2.30. The molecule has 1 aromatic rings. The highest BCUT2D eigenvalue weighted by Crippen LogP contribution is 2.32. The van der Waals surface area contributed by atoms with Crippen molar-refractivity contribution in [3.05, 3.63) is 28.8 Å². The molecule has 1 fully saturated rings. The SMILES string of the molecule is CN(CC1CC(O)C1)CC1Cc2cc(Cl)ccc2O1. The molecule has 1 N–H and O–H groups in total. The van der Waals surface area contributed by atoms with Gasteiger partial charge in [-0.05, 0) is 49.6 Å². The summed E-state index contributed by atoms with van der Waals surface area (Å²) < 4.78 is 5.94. The van der Waals surface area contributed by atoms with Crippen LogP contribution >= 0.6 is 11.6 Å². The number of rotatable bonds is 4. The molecule has 1 atom stereocenters. The summed E-state index contributed by atoms with van der Waals surface area (Å²) in [4.78, 5) is 2.31. The van der Waals surface area contributed by atoms with E-state index in [0.29, 0.717) is 5.92 Å². The zero-order valence-electron chi connectivity index (χ0n) is 11.2. The number of halogens is 1. The van der Waals surface area contributed by atoms with Crippen LogP contribution in [0.2, 0.25) is 5.02 Å². The second-order valence-corrected chi connectivity index (χ2v) is 6.34. The second kappa shape index (κ2) is 5.31. The van der Waals surface area contributed by atoms with Crippen molar-refractivity contribution >= 4 is 11.6 Å². The molecule has 1 aliphatic heterocycles. The molecule has 1 heterocycles. The summed E-state index contributed by atoms with van der Waals surface area (Å²) in [5.41, 5.74) is 1.21. The molecule has 3 rings (SSSR count). The van der Waals surface area contributed by atoms with E-state index >= 15 is 0 Å². The maximum Gasteiger partial charge on any atom is 0.123 e. The smallest absolute Gasteiger partial charge is 0.123 e. The van der Waals surface area contributed by atoms with Crippen LogP contribution in [0.5, 0.6) is 5.75 Å². The number of hydrogen-bond acceptors (Lipinski definition) is 3. The molecule has 1 saturated carbocycles. The summed E-state index contributed by atoms with van der Waals surface area (Å²) in [6.45, 7) is 1.98. The second-order valence-electron chi connectivity index (χ2n) is 5.91. The number of likely N-dealkylation sites (N-methyl/N-ethyl adjacent to an activating group) is 1.